The van der Waals surface area contributed by atoms with Gasteiger partial charge in [0.2, 0.25) is 0 Å². The summed E-state index contributed by atoms with van der Waals surface area (Å²) in [5.41, 5.74) is 4.60. The number of para-hydroxylation sites is 1. The molecule has 4 aromatic rings. The van der Waals surface area contributed by atoms with Crippen molar-refractivity contribution in [2.45, 2.75) is 13.0 Å². The van der Waals surface area contributed by atoms with Crippen molar-refractivity contribution >= 4 is 21.7 Å². The quantitative estimate of drug-likeness (QED) is 0.531. The van der Waals surface area contributed by atoms with Gasteiger partial charge in [0.25, 0.3) is 5.56 Å². The lowest BCUT2D eigenvalue weighted by atomic mass is 10.0. The number of rotatable bonds is 0. The van der Waals surface area contributed by atoms with Gasteiger partial charge in [0.05, 0.1) is 11.4 Å². The summed E-state index contributed by atoms with van der Waals surface area (Å²) >= 11 is 0. The second kappa shape index (κ2) is 4.07. The number of benzene rings is 1. The minimum absolute atomic E-state index is 0.0775. The first-order valence-corrected chi connectivity index (χ1v) is 7.46. The summed E-state index contributed by atoms with van der Waals surface area (Å²) in [4.78, 5) is 19.2. The van der Waals surface area contributed by atoms with Crippen LogP contribution in [0.5, 0.6) is 0 Å². The van der Waals surface area contributed by atoms with E-state index in [1.54, 1.807) is 6.20 Å². The number of nitrogens with one attached hydrogen (secondary N) is 2. The second-order valence-corrected chi connectivity index (χ2v) is 5.77. The van der Waals surface area contributed by atoms with Gasteiger partial charge in [-0.25, -0.2) is 4.98 Å². The number of hydrogen-bond donors (Lipinski definition) is 1. The molecule has 5 rings (SSSR count). The Morgan fingerprint density at radius 1 is 1.14 bits per heavy atom. The number of fused-ring (bicyclic) bond motifs is 6. The standard InChI is InChI=1S/C18H13N3O/c22-18-14-10-19-7-5-11(14)9-16-17-13(6-8-21(16)18)12-3-1-2-4-15(12)20-17/h1-5,7,9-10,20H,6,8H2/p+1. The van der Waals surface area contributed by atoms with Crippen molar-refractivity contribution in [1.82, 2.24) is 9.55 Å². The molecular formula is C18H14N3O+. The predicted molar refractivity (Wildman–Crippen MR) is 85.8 cm³/mol. The summed E-state index contributed by atoms with van der Waals surface area (Å²) in [5.74, 6) is 0. The Morgan fingerprint density at radius 3 is 3.00 bits per heavy atom. The van der Waals surface area contributed by atoms with E-state index in [-0.39, 0.29) is 5.56 Å². The van der Waals surface area contributed by atoms with E-state index >= 15 is 0 Å². The summed E-state index contributed by atoms with van der Waals surface area (Å²) in [6.45, 7) is 0.730. The Balaban J connectivity index is 1.93. The molecule has 2 N–H and O–H groups in total. The van der Waals surface area contributed by atoms with Crippen molar-refractivity contribution in [3.05, 3.63) is 64.7 Å². The first-order valence-electron chi connectivity index (χ1n) is 7.46. The zero-order valence-electron chi connectivity index (χ0n) is 11.9. The molecule has 3 aromatic heterocycles. The normalized spacial score (nSPS) is 13.3. The first-order chi connectivity index (χ1) is 10.8. The van der Waals surface area contributed by atoms with Crippen LogP contribution in [0.15, 0.2) is 53.6 Å². The average Bonchev–Trinajstić information content (AvgIpc) is 2.94. The molecule has 0 amide bonds. The molecule has 4 nitrogen and oxygen atoms in total. The van der Waals surface area contributed by atoms with Gasteiger partial charge in [0, 0.05) is 28.9 Å². The molecule has 0 radical (unpaired) electrons. The molecule has 0 bridgehead atoms. The highest BCUT2D eigenvalue weighted by Crippen LogP contribution is 2.34. The van der Waals surface area contributed by atoms with Crippen LogP contribution in [0.3, 0.4) is 0 Å². The van der Waals surface area contributed by atoms with Crippen LogP contribution in [0.4, 0.5) is 0 Å². The smallest absolute Gasteiger partial charge is 0.265 e. The average molecular weight is 288 g/mol. The molecule has 0 saturated carbocycles. The molecule has 22 heavy (non-hydrogen) atoms. The van der Waals surface area contributed by atoms with Crippen LogP contribution in [0.1, 0.15) is 5.56 Å². The van der Waals surface area contributed by atoms with Crippen LogP contribution >= 0.6 is 0 Å². The van der Waals surface area contributed by atoms with Crippen molar-refractivity contribution < 1.29 is 4.98 Å². The maximum atomic E-state index is 12.7. The van der Waals surface area contributed by atoms with E-state index in [4.69, 9.17) is 0 Å². The monoisotopic (exact) mass is 288 g/mol. The fourth-order valence-electron chi connectivity index (χ4n) is 3.56. The minimum Gasteiger partial charge on any atom is -0.353 e. The van der Waals surface area contributed by atoms with Crippen molar-refractivity contribution in [3.63, 3.8) is 0 Å². The summed E-state index contributed by atoms with van der Waals surface area (Å²) in [6.07, 6.45) is 4.52. The fourth-order valence-corrected chi connectivity index (χ4v) is 3.56. The van der Waals surface area contributed by atoms with Gasteiger partial charge in [-0.15, -0.1) is 0 Å². The topological polar surface area (TPSA) is 51.9 Å². The molecule has 0 fully saturated rings. The molecule has 4 heteroatoms. The predicted octanol–water partition coefficient (Wildman–Crippen LogP) is 2.52. The lowest BCUT2D eigenvalue weighted by Crippen LogP contribution is -2.26. The molecule has 0 atom stereocenters. The van der Waals surface area contributed by atoms with Crippen LogP contribution in [-0.4, -0.2) is 9.55 Å². The number of nitrogens with zero attached hydrogens (tertiary/aromatic N) is 1. The maximum Gasteiger partial charge on any atom is 0.265 e. The number of aromatic amines is 2. The van der Waals surface area contributed by atoms with Gasteiger partial charge < -0.3 is 9.55 Å². The number of H-pyrrole nitrogens is 2. The van der Waals surface area contributed by atoms with E-state index < -0.39 is 0 Å². The molecule has 0 spiro atoms. The fraction of sp³-hybridized carbons (Fsp3) is 0.111. The van der Waals surface area contributed by atoms with E-state index in [1.807, 2.05) is 22.9 Å². The van der Waals surface area contributed by atoms with E-state index in [0.717, 1.165) is 40.6 Å². The third-order valence-corrected chi connectivity index (χ3v) is 4.61. The van der Waals surface area contributed by atoms with Crippen LogP contribution in [0.2, 0.25) is 0 Å². The van der Waals surface area contributed by atoms with Crippen LogP contribution in [-0.2, 0) is 13.0 Å². The summed E-state index contributed by atoms with van der Waals surface area (Å²) in [6, 6.07) is 12.4. The van der Waals surface area contributed by atoms with Crippen LogP contribution in [0, 0.1) is 0 Å². The van der Waals surface area contributed by atoms with Gasteiger partial charge in [-0.05, 0) is 24.1 Å². The van der Waals surface area contributed by atoms with Gasteiger partial charge in [0.15, 0.2) is 12.4 Å². The van der Waals surface area contributed by atoms with Crippen molar-refractivity contribution in [2.75, 3.05) is 0 Å². The third-order valence-electron chi connectivity index (χ3n) is 4.61. The van der Waals surface area contributed by atoms with E-state index in [9.17, 15) is 4.79 Å². The molecule has 1 aliphatic heterocycles. The zero-order valence-corrected chi connectivity index (χ0v) is 11.9. The molecule has 0 aliphatic carbocycles. The summed E-state index contributed by atoms with van der Waals surface area (Å²) in [7, 11) is 0. The minimum atomic E-state index is 0.0775. The largest absolute Gasteiger partial charge is 0.353 e. The number of aromatic nitrogens is 3. The van der Waals surface area contributed by atoms with Crippen molar-refractivity contribution in [3.8, 4) is 11.4 Å². The first kappa shape index (κ1) is 11.7. The van der Waals surface area contributed by atoms with Crippen molar-refractivity contribution in [1.29, 1.82) is 0 Å². The van der Waals surface area contributed by atoms with E-state index in [0.29, 0.717) is 0 Å². The van der Waals surface area contributed by atoms with Crippen molar-refractivity contribution in [2.24, 2.45) is 0 Å². The SMILES string of the molecule is O=c1c2c[nH+]ccc2cc2n1CCc1c-2[nH]c2ccccc12. The maximum absolute atomic E-state index is 12.7. The molecule has 0 saturated heterocycles. The van der Waals surface area contributed by atoms with Gasteiger partial charge in [-0.2, -0.15) is 0 Å². The molecule has 1 aliphatic rings. The highest BCUT2D eigenvalue weighted by atomic mass is 16.1. The third kappa shape index (κ3) is 1.41. The second-order valence-electron chi connectivity index (χ2n) is 5.77. The highest BCUT2D eigenvalue weighted by molar-refractivity contribution is 5.92. The molecule has 0 unspecified atom stereocenters. The Kier molecular flexibility index (Phi) is 2.17. The lowest BCUT2D eigenvalue weighted by molar-refractivity contribution is -0.375. The van der Waals surface area contributed by atoms with Gasteiger partial charge in [-0.1, -0.05) is 18.2 Å². The van der Waals surface area contributed by atoms with Gasteiger partial charge >= 0.3 is 0 Å². The highest BCUT2D eigenvalue weighted by Gasteiger charge is 2.22. The number of hydrogen-bond acceptors (Lipinski definition) is 1. The Bertz CT molecular complexity index is 1100. The molecule has 4 heterocycles. The molecular weight excluding hydrogens is 274 g/mol. The van der Waals surface area contributed by atoms with Crippen LogP contribution in [0.25, 0.3) is 33.1 Å². The Morgan fingerprint density at radius 2 is 2.05 bits per heavy atom. The van der Waals surface area contributed by atoms with Crippen LogP contribution < -0.4 is 10.5 Å². The van der Waals surface area contributed by atoms with E-state index in [2.05, 4.69) is 34.2 Å². The van der Waals surface area contributed by atoms with E-state index in [1.165, 1.54) is 10.9 Å². The van der Waals surface area contributed by atoms with Gasteiger partial charge in [-0.3, -0.25) is 4.79 Å². The Labute approximate surface area is 126 Å². The number of aryl methyl sites for hydroxylation is 1. The molecule has 106 valence electrons. The zero-order chi connectivity index (χ0) is 14.7. The molecule has 1 aromatic carbocycles. The lowest BCUT2D eigenvalue weighted by Gasteiger charge is -2.19. The summed E-state index contributed by atoms with van der Waals surface area (Å²) in [5, 5.41) is 2.98. The number of pyridine rings is 2. The summed E-state index contributed by atoms with van der Waals surface area (Å²) < 4.78 is 1.88. The Hall–Kier alpha value is -2.88. The van der Waals surface area contributed by atoms with Gasteiger partial charge in [0.1, 0.15) is 5.39 Å².